The van der Waals surface area contributed by atoms with Crippen molar-refractivity contribution in [2.75, 3.05) is 0 Å². The summed E-state index contributed by atoms with van der Waals surface area (Å²) in [4.78, 5) is 0. The van der Waals surface area contributed by atoms with Crippen LogP contribution in [0.1, 0.15) is 71.6 Å². The van der Waals surface area contributed by atoms with Gasteiger partial charge in [0, 0.05) is 12.1 Å². The van der Waals surface area contributed by atoms with E-state index in [1.807, 2.05) is 0 Å². The average molecular weight is 291 g/mol. The minimum atomic E-state index is -4.01. The van der Waals surface area contributed by atoms with E-state index in [2.05, 4.69) is 19.2 Å². The Bertz CT molecular complexity index is 311. The van der Waals surface area contributed by atoms with Gasteiger partial charge in [-0.3, -0.25) is 0 Å². The van der Waals surface area contributed by atoms with Crippen molar-refractivity contribution in [3.8, 4) is 0 Å². The van der Waals surface area contributed by atoms with Crippen LogP contribution in [0.2, 0.25) is 0 Å². The SMILES string of the molecule is CC1(C)CCCC(NC2CCCC(C(F)(F)F)C2)CC1. The maximum atomic E-state index is 12.8. The number of halogens is 3. The van der Waals surface area contributed by atoms with Gasteiger partial charge in [-0.1, -0.05) is 26.7 Å². The van der Waals surface area contributed by atoms with E-state index in [9.17, 15) is 13.2 Å². The molecule has 0 amide bonds. The molecule has 0 spiro atoms. The van der Waals surface area contributed by atoms with Crippen LogP contribution < -0.4 is 5.32 Å². The highest BCUT2D eigenvalue weighted by Gasteiger charge is 2.42. The zero-order valence-electron chi connectivity index (χ0n) is 12.7. The highest BCUT2D eigenvalue weighted by molar-refractivity contribution is 4.86. The van der Waals surface area contributed by atoms with Gasteiger partial charge in [0.15, 0.2) is 0 Å². The van der Waals surface area contributed by atoms with Gasteiger partial charge in [-0.2, -0.15) is 13.2 Å². The van der Waals surface area contributed by atoms with E-state index < -0.39 is 12.1 Å². The van der Waals surface area contributed by atoms with Crippen molar-refractivity contribution in [3.05, 3.63) is 0 Å². The van der Waals surface area contributed by atoms with Crippen LogP contribution in [0.25, 0.3) is 0 Å². The second-order valence-electron chi connectivity index (χ2n) is 7.56. The zero-order chi connectivity index (χ0) is 14.8. The van der Waals surface area contributed by atoms with Crippen LogP contribution >= 0.6 is 0 Å². The van der Waals surface area contributed by atoms with Crippen molar-refractivity contribution in [2.45, 2.75) is 89.9 Å². The lowest BCUT2D eigenvalue weighted by Gasteiger charge is -2.33. The Hall–Kier alpha value is -0.250. The highest BCUT2D eigenvalue weighted by atomic mass is 19.4. The molecule has 0 aromatic heterocycles. The van der Waals surface area contributed by atoms with Gasteiger partial charge in [-0.25, -0.2) is 0 Å². The van der Waals surface area contributed by atoms with Gasteiger partial charge < -0.3 is 5.32 Å². The van der Waals surface area contributed by atoms with Crippen LogP contribution in [0.5, 0.6) is 0 Å². The molecule has 2 fully saturated rings. The first kappa shape index (κ1) is 16.1. The fourth-order valence-electron chi connectivity index (χ4n) is 3.80. The first-order chi connectivity index (χ1) is 9.26. The predicted molar refractivity (Wildman–Crippen MR) is 75.6 cm³/mol. The van der Waals surface area contributed by atoms with E-state index in [-0.39, 0.29) is 12.5 Å². The standard InChI is InChI=1S/C16H28F3N/c1-15(2)9-4-7-13(8-10-15)20-14-6-3-5-12(11-14)16(17,18)19/h12-14,20H,3-11H2,1-2H3. The fraction of sp³-hybridized carbons (Fsp3) is 1.00. The van der Waals surface area contributed by atoms with Gasteiger partial charge in [-0.15, -0.1) is 0 Å². The minimum Gasteiger partial charge on any atom is -0.311 e. The van der Waals surface area contributed by atoms with Crippen molar-refractivity contribution in [1.82, 2.24) is 5.32 Å². The molecule has 1 nitrogen and oxygen atoms in total. The summed E-state index contributed by atoms with van der Waals surface area (Å²) in [7, 11) is 0. The summed E-state index contributed by atoms with van der Waals surface area (Å²) in [5, 5.41) is 3.54. The molecule has 2 aliphatic carbocycles. The summed E-state index contributed by atoms with van der Waals surface area (Å²) in [6, 6.07) is 0.496. The predicted octanol–water partition coefficient (Wildman–Crippen LogP) is 5.06. The maximum absolute atomic E-state index is 12.8. The van der Waals surface area contributed by atoms with E-state index in [1.165, 1.54) is 19.3 Å². The topological polar surface area (TPSA) is 12.0 Å². The molecule has 2 saturated carbocycles. The molecule has 0 aromatic carbocycles. The molecular formula is C16H28F3N. The van der Waals surface area contributed by atoms with E-state index in [1.54, 1.807) is 0 Å². The molecule has 3 unspecified atom stereocenters. The van der Waals surface area contributed by atoms with Gasteiger partial charge in [0.25, 0.3) is 0 Å². The number of hydrogen-bond acceptors (Lipinski definition) is 1. The van der Waals surface area contributed by atoms with Crippen molar-refractivity contribution in [3.63, 3.8) is 0 Å². The molecule has 4 heteroatoms. The molecule has 0 aromatic rings. The van der Waals surface area contributed by atoms with E-state index in [4.69, 9.17) is 0 Å². The molecule has 0 heterocycles. The molecule has 0 bridgehead atoms. The second kappa shape index (κ2) is 6.25. The Labute approximate surface area is 120 Å². The van der Waals surface area contributed by atoms with Gasteiger partial charge in [0.2, 0.25) is 0 Å². The largest absolute Gasteiger partial charge is 0.391 e. The van der Waals surface area contributed by atoms with Crippen LogP contribution in [-0.2, 0) is 0 Å². The Morgan fingerprint density at radius 3 is 2.30 bits per heavy atom. The number of hydrogen-bond donors (Lipinski definition) is 1. The van der Waals surface area contributed by atoms with E-state index >= 15 is 0 Å². The summed E-state index contributed by atoms with van der Waals surface area (Å²) in [6.07, 6.45) is 4.05. The van der Waals surface area contributed by atoms with Gasteiger partial charge in [0.05, 0.1) is 5.92 Å². The summed E-state index contributed by atoms with van der Waals surface area (Å²) in [5.41, 5.74) is 0.400. The first-order valence-electron chi connectivity index (χ1n) is 8.09. The zero-order valence-corrected chi connectivity index (χ0v) is 12.7. The highest BCUT2D eigenvalue weighted by Crippen LogP contribution is 2.38. The Morgan fingerprint density at radius 2 is 1.60 bits per heavy atom. The van der Waals surface area contributed by atoms with Crippen molar-refractivity contribution in [1.29, 1.82) is 0 Å². The molecule has 2 rings (SSSR count). The molecule has 118 valence electrons. The fourth-order valence-corrected chi connectivity index (χ4v) is 3.80. The summed E-state index contributed by atoms with van der Waals surface area (Å²) in [5.74, 6) is -1.09. The molecule has 0 radical (unpaired) electrons. The quantitative estimate of drug-likeness (QED) is 0.701. The van der Waals surface area contributed by atoms with Crippen LogP contribution in [0.4, 0.5) is 13.2 Å². The third-order valence-electron chi connectivity index (χ3n) is 5.18. The number of alkyl halides is 3. The lowest BCUT2D eigenvalue weighted by molar-refractivity contribution is -0.183. The first-order valence-corrected chi connectivity index (χ1v) is 8.09. The molecule has 20 heavy (non-hydrogen) atoms. The molecular weight excluding hydrogens is 263 g/mol. The van der Waals surface area contributed by atoms with Gasteiger partial charge >= 0.3 is 6.18 Å². The normalized spacial score (nSPS) is 35.5. The number of nitrogens with one attached hydrogen (secondary N) is 1. The van der Waals surface area contributed by atoms with Crippen LogP contribution in [-0.4, -0.2) is 18.3 Å². The minimum absolute atomic E-state index is 0.0709. The third kappa shape index (κ3) is 4.64. The summed E-state index contributed by atoms with van der Waals surface area (Å²) >= 11 is 0. The maximum Gasteiger partial charge on any atom is 0.391 e. The smallest absolute Gasteiger partial charge is 0.311 e. The Kier molecular flexibility index (Phi) is 5.04. The lowest BCUT2D eigenvalue weighted by Crippen LogP contribution is -2.43. The summed E-state index contributed by atoms with van der Waals surface area (Å²) < 4.78 is 38.5. The van der Waals surface area contributed by atoms with Gasteiger partial charge in [-0.05, 0) is 50.4 Å². The van der Waals surface area contributed by atoms with E-state index in [0.717, 1.165) is 19.3 Å². The third-order valence-corrected chi connectivity index (χ3v) is 5.18. The average Bonchev–Trinajstić information content (AvgIpc) is 2.50. The van der Waals surface area contributed by atoms with Crippen LogP contribution in [0.15, 0.2) is 0 Å². The molecule has 1 N–H and O–H groups in total. The molecule has 0 saturated heterocycles. The van der Waals surface area contributed by atoms with Gasteiger partial charge in [0.1, 0.15) is 0 Å². The molecule has 0 aliphatic heterocycles. The second-order valence-corrected chi connectivity index (χ2v) is 7.56. The summed E-state index contributed by atoms with van der Waals surface area (Å²) in [6.45, 7) is 4.60. The Morgan fingerprint density at radius 1 is 0.900 bits per heavy atom. The van der Waals surface area contributed by atoms with Crippen LogP contribution in [0, 0.1) is 11.3 Å². The van der Waals surface area contributed by atoms with Crippen molar-refractivity contribution < 1.29 is 13.2 Å². The Balaban J connectivity index is 1.84. The number of rotatable bonds is 2. The molecule has 3 atom stereocenters. The van der Waals surface area contributed by atoms with Crippen molar-refractivity contribution >= 4 is 0 Å². The van der Waals surface area contributed by atoms with E-state index in [0.29, 0.717) is 24.3 Å². The lowest BCUT2D eigenvalue weighted by atomic mass is 9.84. The van der Waals surface area contributed by atoms with Crippen molar-refractivity contribution in [2.24, 2.45) is 11.3 Å². The monoisotopic (exact) mass is 291 g/mol. The molecule has 2 aliphatic rings. The van der Waals surface area contributed by atoms with Crippen LogP contribution in [0.3, 0.4) is 0 Å².